The molecule has 1 saturated heterocycles. The molecule has 2 amide bonds. The van der Waals surface area contributed by atoms with Gasteiger partial charge in [-0.1, -0.05) is 30.7 Å². The highest BCUT2D eigenvalue weighted by molar-refractivity contribution is 6.05. The molecule has 0 atom stereocenters. The number of benzene rings is 1. The average Bonchev–Trinajstić information content (AvgIpc) is 2.92. The number of amides is 2. The number of carbonyl (C=O) groups excluding carboxylic acids is 2. The van der Waals surface area contributed by atoms with E-state index in [4.69, 9.17) is 16.2 Å². The van der Waals surface area contributed by atoms with Crippen LogP contribution in [0.15, 0.2) is 60.0 Å². The Morgan fingerprint density at radius 1 is 0.902 bits per heavy atom. The first kappa shape index (κ1) is 28.0. The summed E-state index contributed by atoms with van der Waals surface area (Å²) in [6, 6.07) is 11.8. The van der Waals surface area contributed by atoms with Crippen LogP contribution in [0, 0.1) is 0 Å². The lowest BCUT2D eigenvalue weighted by Crippen LogP contribution is -2.50. The van der Waals surface area contributed by atoms with Crippen LogP contribution in [0.25, 0.3) is 11.1 Å². The minimum atomic E-state index is -0.535. The molecular weight excluding hydrogens is 520 g/mol. The second-order valence-corrected chi connectivity index (χ2v) is 11.5. The summed E-state index contributed by atoms with van der Waals surface area (Å²) in [5, 5.41) is 0. The van der Waals surface area contributed by atoms with Gasteiger partial charge in [0, 0.05) is 37.9 Å². The molecule has 11 nitrogen and oxygen atoms in total. The molecule has 5 rings (SSSR count). The summed E-state index contributed by atoms with van der Waals surface area (Å²) in [5.74, 6) is 0.881. The smallest absolute Gasteiger partial charge is 0.410 e. The van der Waals surface area contributed by atoms with E-state index >= 15 is 0 Å². The molecular formula is C30H36N8O3. The Hall–Kier alpha value is -4.54. The first-order valence-electron chi connectivity index (χ1n) is 13.8. The van der Waals surface area contributed by atoms with Crippen molar-refractivity contribution in [3.63, 3.8) is 0 Å². The van der Waals surface area contributed by atoms with Crippen LogP contribution in [-0.2, 0) is 10.2 Å². The summed E-state index contributed by atoms with van der Waals surface area (Å²) in [7, 11) is 0. The van der Waals surface area contributed by atoms with Gasteiger partial charge in [-0.3, -0.25) is 4.79 Å². The first-order valence-corrected chi connectivity index (χ1v) is 13.8. The molecule has 1 aromatic carbocycles. The lowest BCUT2D eigenvalue weighted by atomic mass is 9.63. The van der Waals surface area contributed by atoms with E-state index in [1.807, 2.05) is 56.0 Å². The summed E-state index contributed by atoms with van der Waals surface area (Å²) < 4.78 is 5.46. The number of anilines is 2. The number of ether oxygens (including phenoxy) is 1. The molecule has 0 unspecified atom stereocenters. The van der Waals surface area contributed by atoms with Crippen LogP contribution < -0.4 is 16.4 Å². The van der Waals surface area contributed by atoms with Crippen LogP contribution in [0.5, 0.6) is 0 Å². The summed E-state index contributed by atoms with van der Waals surface area (Å²) in [6.07, 6.45) is 7.05. The zero-order chi connectivity index (χ0) is 29.2. The molecule has 214 valence electrons. The van der Waals surface area contributed by atoms with E-state index < -0.39 is 16.9 Å². The Morgan fingerprint density at radius 2 is 1.59 bits per heavy atom. The summed E-state index contributed by atoms with van der Waals surface area (Å²) in [6.45, 7) is 7.74. The van der Waals surface area contributed by atoms with Gasteiger partial charge in [0.2, 0.25) is 0 Å². The molecule has 11 heteroatoms. The SMILES string of the molecule is CC(C)(C)OC(=O)N1CCN(c2cnc(C(=O)N=C(N)C3(c4ccc(-c5ccc(N)nc5)cc4)CCC3)cn2)CC1. The molecule has 1 aliphatic heterocycles. The number of piperazine rings is 1. The van der Waals surface area contributed by atoms with Gasteiger partial charge in [-0.05, 0) is 56.9 Å². The van der Waals surface area contributed by atoms with Gasteiger partial charge >= 0.3 is 6.09 Å². The highest BCUT2D eigenvalue weighted by Crippen LogP contribution is 2.44. The fraction of sp³-hybridized carbons (Fsp3) is 0.400. The maximum absolute atomic E-state index is 13.0. The number of pyridine rings is 1. The zero-order valence-corrected chi connectivity index (χ0v) is 23.7. The van der Waals surface area contributed by atoms with Crippen LogP contribution in [0.1, 0.15) is 56.1 Å². The monoisotopic (exact) mass is 556 g/mol. The van der Waals surface area contributed by atoms with E-state index in [9.17, 15) is 9.59 Å². The Morgan fingerprint density at radius 3 is 2.12 bits per heavy atom. The molecule has 0 bridgehead atoms. The predicted molar refractivity (Wildman–Crippen MR) is 158 cm³/mol. The predicted octanol–water partition coefficient (Wildman–Crippen LogP) is 3.80. The maximum Gasteiger partial charge on any atom is 0.410 e. The van der Waals surface area contributed by atoms with Gasteiger partial charge in [0.25, 0.3) is 5.91 Å². The molecule has 41 heavy (non-hydrogen) atoms. The number of rotatable bonds is 5. The average molecular weight is 557 g/mol. The molecule has 0 spiro atoms. The topological polar surface area (TPSA) is 153 Å². The van der Waals surface area contributed by atoms with Crippen LogP contribution in [-0.4, -0.2) is 69.5 Å². The van der Waals surface area contributed by atoms with Gasteiger partial charge in [-0.25, -0.2) is 19.7 Å². The van der Waals surface area contributed by atoms with Crippen molar-refractivity contribution >= 4 is 29.5 Å². The fourth-order valence-electron chi connectivity index (χ4n) is 5.09. The van der Waals surface area contributed by atoms with Crippen molar-refractivity contribution in [3.8, 4) is 11.1 Å². The van der Waals surface area contributed by atoms with Crippen molar-refractivity contribution in [1.29, 1.82) is 0 Å². The number of carbonyl (C=O) groups is 2. The lowest BCUT2D eigenvalue weighted by Gasteiger charge is -2.41. The number of aliphatic imine (C=N–C) groups is 1. The summed E-state index contributed by atoms with van der Waals surface area (Å²) in [4.78, 5) is 46.2. The second-order valence-electron chi connectivity index (χ2n) is 11.5. The lowest BCUT2D eigenvalue weighted by molar-refractivity contribution is 0.0240. The number of nitrogens with zero attached hydrogens (tertiary/aromatic N) is 6. The van der Waals surface area contributed by atoms with E-state index in [2.05, 4.69) is 19.9 Å². The molecule has 2 aromatic heterocycles. The van der Waals surface area contributed by atoms with E-state index in [1.54, 1.807) is 23.4 Å². The number of nitrogens with two attached hydrogens (primary N) is 2. The number of amidine groups is 1. The van der Waals surface area contributed by atoms with Crippen molar-refractivity contribution in [2.24, 2.45) is 10.7 Å². The minimum Gasteiger partial charge on any atom is -0.444 e. The van der Waals surface area contributed by atoms with Gasteiger partial charge in [0.15, 0.2) is 0 Å². The molecule has 3 aromatic rings. The van der Waals surface area contributed by atoms with Gasteiger partial charge in [0.05, 0.1) is 17.8 Å². The van der Waals surface area contributed by atoms with Gasteiger partial charge in [0.1, 0.15) is 28.8 Å². The van der Waals surface area contributed by atoms with Crippen LogP contribution in [0.2, 0.25) is 0 Å². The Kier molecular flexibility index (Phi) is 7.61. The van der Waals surface area contributed by atoms with E-state index in [-0.39, 0.29) is 11.8 Å². The quantitative estimate of drug-likeness (QED) is 0.353. The standard InChI is InChI=1S/C30H36N8O3/c1-29(2,3)41-28(40)38-15-13-37(14-16-38)25-19-33-23(18-35-25)26(39)36-27(32)30(11-4-12-30)22-8-5-20(6-9-22)21-7-10-24(31)34-17-21/h5-10,17-19H,4,11-16H2,1-3H3,(H2,31,34)(H2,32,36,39). The van der Waals surface area contributed by atoms with Gasteiger partial charge < -0.3 is 26.0 Å². The van der Waals surface area contributed by atoms with Crippen molar-refractivity contribution < 1.29 is 14.3 Å². The van der Waals surface area contributed by atoms with Crippen LogP contribution in [0.3, 0.4) is 0 Å². The fourth-order valence-corrected chi connectivity index (χ4v) is 5.09. The van der Waals surface area contributed by atoms with Crippen molar-refractivity contribution in [2.45, 2.75) is 51.0 Å². The Bertz CT molecular complexity index is 1420. The molecule has 0 radical (unpaired) electrons. The van der Waals surface area contributed by atoms with E-state index in [0.717, 1.165) is 36.0 Å². The van der Waals surface area contributed by atoms with Gasteiger partial charge in [-0.15, -0.1) is 0 Å². The van der Waals surface area contributed by atoms with Crippen molar-refractivity contribution in [3.05, 3.63) is 66.2 Å². The van der Waals surface area contributed by atoms with E-state index in [0.29, 0.717) is 43.7 Å². The number of aromatic nitrogens is 3. The minimum absolute atomic E-state index is 0.129. The van der Waals surface area contributed by atoms with Crippen LogP contribution in [0.4, 0.5) is 16.4 Å². The van der Waals surface area contributed by atoms with Crippen LogP contribution >= 0.6 is 0 Å². The highest BCUT2D eigenvalue weighted by Gasteiger charge is 2.43. The second kappa shape index (κ2) is 11.1. The third-order valence-electron chi connectivity index (χ3n) is 7.59. The molecule has 2 fully saturated rings. The molecule has 2 aliphatic rings. The Labute approximate surface area is 239 Å². The third-order valence-corrected chi connectivity index (χ3v) is 7.59. The number of hydrogen-bond acceptors (Lipinski definition) is 8. The number of hydrogen-bond donors (Lipinski definition) is 2. The van der Waals surface area contributed by atoms with Gasteiger partial charge in [-0.2, -0.15) is 4.99 Å². The Balaban J connectivity index is 1.23. The number of nitrogen functional groups attached to an aromatic ring is 1. The van der Waals surface area contributed by atoms with Crippen molar-refractivity contribution in [2.75, 3.05) is 36.8 Å². The molecule has 4 N–H and O–H groups in total. The summed E-state index contributed by atoms with van der Waals surface area (Å²) >= 11 is 0. The first-order chi connectivity index (χ1) is 19.5. The zero-order valence-electron chi connectivity index (χ0n) is 23.7. The highest BCUT2D eigenvalue weighted by atomic mass is 16.6. The third kappa shape index (κ3) is 6.13. The molecule has 1 saturated carbocycles. The maximum atomic E-state index is 13.0. The summed E-state index contributed by atoms with van der Waals surface area (Å²) in [5.41, 5.74) is 14.3. The van der Waals surface area contributed by atoms with Crippen molar-refractivity contribution in [1.82, 2.24) is 19.9 Å². The largest absolute Gasteiger partial charge is 0.444 e. The molecule has 1 aliphatic carbocycles. The normalized spacial score (nSPS) is 17.1. The molecule has 3 heterocycles. The van der Waals surface area contributed by atoms with E-state index in [1.165, 1.54) is 6.20 Å².